The molecule has 2 aliphatic rings. The van der Waals surface area contributed by atoms with E-state index in [4.69, 9.17) is 11.6 Å². The van der Waals surface area contributed by atoms with Crippen LogP contribution in [0, 0.1) is 5.92 Å². The summed E-state index contributed by atoms with van der Waals surface area (Å²) in [5, 5.41) is 23.9. The molecule has 6 nitrogen and oxygen atoms in total. The van der Waals surface area contributed by atoms with Crippen molar-refractivity contribution in [3.05, 3.63) is 69.9 Å². The Kier molecular flexibility index (Phi) is 6.36. The minimum Gasteiger partial charge on any atom is -0.481 e. The zero-order valence-electron chi connectivity index (χ0n) is 19.9. The first-order valence-electron chi connectivity index (χ1n) is 12.4. The quantitative estimate of drug-likeness (QED) is 0.405. The number of nitrogens with one attached hydrogen (secondary N) is 1. The van der Waals surface area contributed by atoms with Gasteiger partial charge >= 0.3 is 5.97 Å². The number of hydrogen-bond donors (Lipinski definition) is 3. The fourth-order valence-electron chi connectivity index (χ4n) is 5.98. The molecule has 7 heteroatoms. The number of aliphatic hydroxyl groups is 1. The molecule has 184 valence electrons. The molecule has 5 rings (SSSR count). The van der Waals surface area contributed by atoms with Gasteiger partial charge in [-0.2, -0.15) is 0 Å². The van der Waals surface area contributed by atoms with Crippen molar-refractivity contribution in [2.75, 3.05) is 0 Å². The molecule has 0 bridgehead atoms. The third-order valence-corrected chi connectivity index (χ3v) is 8.61. The molecule has 0 aliphatic heterocycles. The number of nitrogens with zero attached hydrogens (tertiary/aromatic N) is 1. The van der Waals surface area contributed by atoms with Gasteiger partial charge in [0.15, 0.2) is 0 Å². The van der Waals surface area contributed by atoms with Crippen LogP contribution in [0.1, 0.15) is 78.0 Å². The lowest BCUT2D eigenvalue weighted by atomic mass is 9.71. The van der Waals surface area contributed by atoms with Crippen molar-refractivity contribution in [2.45, 2.75) is 63.0 Å². The minimum atomic E-state index is -0.755. The van der Waals surface area contributed by atoms with E-state index in [9.17, 15) is 19.8 Å². The molecule has 2 aliphatic carbocycles. The first kappa shape index (κ1) is 23.9. The normalized spacial score (nSPS) is 18.4. The maximum atomic E-state index is 13.4. The van der Waals surface area contributed by atoms with Crippen molar-refractivity contribution < 1.29 is 19.8 Å². The molecule has 1 heterocycles. The molecule has 0 spiro atoms. The van der Waals surface area contributed by atoms with Gasteiger partial charge in [-0.1, -0.05) is 54.8 Å². The maximum absolute atomic E-state index is 13.4. The van der Waals surface area contributed by atoms with Gasteiger partial charge in [0, 0.05) is 18.0 Å². The Morgan fingerprint density at radius 3 is 2.37 bits per heavy atom. The number of carbonyl (C=O) groups excluding carboxylic acids is 1. The number of benzene rings is 2. The van der Waals surface area contributed by atoms with Crippen molar-refractivity contribution in [3.63, 3.8) is 0 Å². The standard InChI is InChI=1S/C28H31ClN2O4/c1-31-22-12-9-19(16-32)25(29)21(22)15-23(31)26(33)30-28(13-4-14-28)20-10-7-18(8-11-20)24(27(34)35)17-5-2-3-6-17/h7-12,15,17,24,32H,2-6,13-14,16H2,1H3,(H,30,33)(H,34,35). The van der Waals surface area contributed by atoms with Gasteiger partial charge in [-0.05, 0) is 66.8 Å². The van der Waals surface area contributed by atoms with Crippen LogP contribution in [0.25, 0.3) is 10.9 Å². The van der Waals surface area contributed by atoms with Crippen LogP contribution < -0.4 is 5.32 Å². The maximum Gasteiger partial charge on any atom is 0.311 e. The predicted octanol–water partition coefficient (Wildman–Crippen LogP) is 5.49. The van der Waals surface area contributed by atoms with Crippen molar-refractivity contribution in [2.24, 2.45) is 13.0 Å². The number of aliphatic carboxylic acids is 1. The summed E-state index contributed by atoms with van der Waals surface area (Å²) < 4.78 is 1.83. The molecule has 35 heavy (non-hydrogen) atoms. The third kappa shape index (κ3) is 4.13. The summed E-state index contributed by atoms with van der Waals surface area (Å²) in [6.07, 6.45) is 6.82. The van der Waals surface area contributed by atoms with Crippen LogP contribution >= 0.6 is 11.6 Å². The van der Waals surface area contributed by atoms with Gasteiger partial charge in [0.1, 0.15) is 5.69 Å². The van der Waals surface area contributed by atoms with Crippen LogP contribution in [0.2, 0.25) is 5.02 Å². The van der Waals surface area contributed by atoms with Crippen molar-refractivity contribution in [1.82, 2.24) is 9.88 Å². The summed E-state index contributed by atoms with van der Waals surface area (Å²) >= 11 is 6.46. The van der Waals surface area contributed by atoms with Gasteiger partial charge in [0.2, 0.25) is 0 Å². The number of carbonyl (C=O) groups is 2. The molecule has 2 saturated carbocycles. The van der Waals surface area contributed by atoms with E-state index >= 15 is 0 Å². The van der Waals surface area contributed by atoms with E-state index in [1.807, 2.05) is 41.9 Å². The predicted molar refractivity (Wildman–Crippen MR) is 136 cm³/mol. The first-order valence-corrected chi connectivity index (χ1v) is 12.8. The minimum absolute atomic E-state index is 0.159. The van der Waals surface area contributed by atoms with Crippen molar-refractivity contribution >= 4 is 34.4 Å². The number of halogens is 1. The highest BCUT2D eigenvalue weighted by atomic mass is 35.5. The summed E-state index contributed by atoms with van der Waals surface area (Å²) in [5.74, 6) is -1.21. The molecular weight excluding hydrogens is 464 g/mol. The van der Waals surface area contributed by atoms with E-state index in [2.05, 4.69) is 5.32 Å². The second-order valence-corrected chi connectivity index (χ2v) is 10.5. The fraction of sp³-hybridized carbons (Fsp3) is 0.429. The van der Waals surface area contributed by atoms with Gasteiger partial charge in [-0.25, -0.2) is 0 Å². The monoisotopic (exact) mass is 494 g/mol. The summed E-state index contributed by atoms with van der Waals surface area (Å²) in [7, 11) is 1.84. The van der Waals surface area contributed by atoms with Crippen LogP contribution in [-0.2, 0) is 24.0 Å². The third-order valence-electron chi connectivity index (χ3n) is 8.16. The second-order valence-electron chi connectivity index (χ2n) is 10.1. The summed E-state index contributed by atoms with van der Waals surface area (Å²) in [6.45, 7) is -0.159. The first-order chi connectivity index (χ1) is 16.8. The molecule has 0 saturated heterocycles. The number of fused-ring (bicyclic) bond motifs is 1. The highest BCUT2D eigenvalue weighted by Gasteiger charge is 2.41. The number of amides is 1. The fourth-order valence-corrected chi connectivity index (χ4v) is 6.25. The van der Waals surface area contributed by atoms with E-state index in [0.29, 0.717) is 16.3 Å². The van der Waals surface area contributed by atoms with Gasteiger partial charge in [0.05, 0.1) is 23.1 Å². The number of hydrogen-bond acceptors (Lipinski definition) is 3. The van der Waals surface area contributed by atoms with Crippen LogP contribution in [0.5, 0.6) is 0 Å². The van der Waals surface area contributed by atoms with Gasteiger partial charge in [0.25, 0.3) is 5.91 Å². The van der Waals surface area contributed by atoms with E-state index in [0.717, 1.165) is 67.0 Å². The van der Waals surface area contributed by atoms with Crippen molar-refractivity contribution in [1.29, 1.82) is 0 Å². The number of aryl methyl sites for hydroxylation is 1. The molecular formula is C28H31ClN2O4. The number of aliphatic hydroxyl groups excluding tert-OH is 1. The number of carboxylic acid groups (broad SMARTS) is 1. The Bertz CT molecular complexity index is 1270. The zero-order valence-corrected chi connectivity index (χ0v) is 20.6. The van der Waals surface area contributed by atoms with Crippen LogP contribution in [0.3, 0.4) is 0 Å². The lowest BCUT2D eigenvalue weighted by Gasteiger charge is -2.43. The molecule has 2 aromatic carbocycles. The Labute approximate surface area is 209 Å². The summed E-state index contributed by atoms with van der Waals surface area (Å²) in [5.41, 5.74) is 3.36. The van der Waals surface area contributed by atoms with Gasteiger partial charge in [-0.3, -0.25) is 9.59 Å². The molecule has 1 aromatic heterocycles. The topological polar surface area (TPSA) is 91.6 Å². The highest BCUT2D eigenvalue weighted by molar-refractivity contribution is 6.36. The lowest BCUT2D eigenvalue weighted by molar-refractivity contribution is -0.140. The van der Waals surface area contributed by atoms with Crippen molar-refractivity contribution in [3.8, 4) is 0 Å². The SMILES string of the molecule is Cn1c(C(=O)NC2(c3ccc(C(C(=O)O)C4CCCC4)cc3)CCC2)cc2c(Cl)c(CO)ccc21. The molecule has 1 amide bonds. The van der Waals surface area contributed by atoms with E-state index in [1.165, 1.54) is 0 Å². The summed E-state index contributed by atoms with van der Waals surface area (Å²) in [6, 6.07) is 13.3. The van der Waals surface area contributed by atoms with Gasteiger partial charge < -0.3 is 20.1 Å². The van der Waals surface area contributed by atoms with Crippen LogP contribution in [0.15, 0.2) is 42.5 Å². The Hall–Kier alpha value is -2.83. The molecule has 2 fully saturated rings. The zero-order chi connectivity index (χ0) is 24.7. The molecule has 3 N–H and O–H groups in total. The average Bonchev–Trinajstić information content (AvgIpc) is 3.46. The molecule has 0 radical (unpaired) electrons. The lowest BCUT2D eigenvalue weighted by Crippen LogP contribution is -2.51. The Morgan fingerprint density at radius 1 is 1.11 bits per heavy atom. The average molecular weight is 495 g/mol. The molecule has 1 atom stereocenters. The molecule has 3 aromatic rings. The van der Waals surface area contributed by atoms with E-state index < -0.39 is 17.4 Å². The largest absolute Gasteiger partial charge is 0.481 e. The Balaban J connectivity index is 1.41. The smallest absolute Gasteiger partial charge is 0.311 e. The Morgan fingerprint density at radius 2 is 1.80 bits per heavy atom. The number of rotatable bonds is 7. The van der Waals surface area contributed by atoms with Crippen LogP contribution in [0.4, 0.5) is 0 Å². The van der Waals surface area contributed by atoms with Crippen LogP contribution in [-0.4, -0.2) is 26.7 Å². The van der Waals surface area contributed by atoms with Gasteiger partial charge in [-0.15, -0.1) is 0 Å². The number of carboxylic acids is 1. The number of aromatic nitrogens is 1. The van der Waals surface area contributed by atoms with E-state index in [1.54, 1.807) is 12.1 Å². The van der Waals surface area contributed by atoms with E-state index in [-0.39, 0.29) is 18.4 Å². The highest BCUT2D eigenvalue weighted by Crippen LogP contribution is 2.43. The molecule has 1 unspecified atom stereocenters. The second kappa shape index (κ2) is 9.32. The summed E-state index contributed by atoms with van der Waals surface area (Å²) in [4.78, 5) is 25.4.